The van der Waals surface area contributed by atoms with Crippen molar-refractivity contribution in [3.05, 3.63) is 81.9 Å². The van der Waals surface area contributed by atoms with Crippen LogP contribution in [0.3, 0.4) is 0 Å². The molecule has 0 bridgehead atoms. The Hall–Kier alpha value is -3.40. The van der Waals surface area contributed by atoms with Gasteiger partial charge in [-0.3, -0.25) is 0 Å². The number of benzene rings is 3. The minimum Gasteiger partial charge on any atom is -0.337 e. The van der Waals surface area contributed by atoms with Gasteiger partial charge in [0, 0.05) is 11.4 Å². The standard InChI is InChI=1S/C26H28N4/c1-15-11-21(12-16(2)19(15)5)27-25-26(30-24-10-8-7-9-23(24)29-25)28-22-13-17(3)20(6)18(4)14-22/h7-14H,1-6H3,(H,27,29)(H,28,30). The number of aryl methyl sites for hydroxylation is 4. The average molecular weight is 397 g/mol. The SMILES string of the molecule is Cc1cc(Nc2nc3ccccc3nc2Nc2cc(C)c(C)c(C)c2)cc(C)c1C. The number of aromatic nitrogens is 2. The van der Waals surface area contributed by atoms with Gasteiger partial charge in [-0.15, -0.1) is 0 Å². The molecule has 2 N–H and O–H groups in total. The highest BCUT2D eigenvalue weighted by Gasteiger charge is 2.12. The van der Waals surface area contributed by atoms with Crippen molar-refractivity contribution in [3.8, 4) is 0 Å². The zero-order valence-electron chi connectivity index (χ0n) is 18.5. The Balaban J connectivity index is 1.80. The van der Waals surface area contributed by atoms with E-state index in [0.29, 0.717) is 11.6 Å². The van der Waals surface area contributed by atoms with E-state index in [4.69, 9.17) is 9.97 Å². The lowest BCUT2D eigenvalue weighted by molar-refractivity contribution is 1.23. The van der Waals surface area contributed by atoms with Gasteiger partial charge in [-0.2, -0.15) is 0 Å². The predicted octanol–water partition coefficient (Wildman–Crippen LogP) is 6.97. The van der Waals surface area contributed by atoms with Gasteiger partial charge in [0.05, 0.1) is 11.0 Å². The molecule has 1 heterocycles. The van der Waals surface area contributed by atoms with Crippen LogP contribution in [0.5, 0.6) is 0 Å². The first kappa shape index (κ1) is 19.9. The van der Waals surface area contributed by atoms with Gasteiger partial charge >= 0.3 is 0 Å². The van der Waals surface area contributed by atoms with Crippen LogP contribution in [-0.2, 0) is 0 Å². The summed E-state index contributed by atoms with van der Waals surface area (Å²) < 4.78 is 0. The van der Waals surface area contributed by atoms with Gasteiger partial charge < -0.3 is 10.6 Å². The van der Waals surface area contributed by atoms with Gasteiger partial charge in [0.1, 0.15) is 0 Å². The predicted molar refractivity (Wildman–Crippen MR) is 127 cm³/mol. The second-order valence-electron chi connectivity index (χ2n) is 8.13. The molecule has 0 fully saturated rings. The number of hydrogen-bond acceptors (Lipinski definition) is 4. The van der Waals surface area contributed by atoms with Crippen LogP contribution >= 0.6 is 0 Å². The largest absolute Gasteiger partial charge is 0.337 e. The summed E-state index contributed by atoms with van der Waals surface area (Å²) in [6.45, 7) is 12.8. The Labute approximate surface area is 178 Å². The van der Waals surface area contributed by atoms with Crippen LogP contribution in [0, 0.1) is 41.5 Å². The molecule has 152 valence electrons. The first-order valence-electron chi connectivity index (χ1n) is 10.3. The first-order valence-corrected chi connectivity index (χ1v) is 10.3. The van der Waals surface area contributed by atoms with E-state index >= 15 is 0 Å². The number of anilines is 4. The lowest BCUT2D eigenvalue weighted by Gasteiger charge is -2.16. The number of rotatable bonds is 4. The first-order chi connectivity index (χ1) is 14.3. The third-order valence-electron chi connectivity index (χ3n) is 5.95. The van der Waals surface area contributed by atoms with Gasteiger partial charge in [0.2, 0.25) is 0 Å². The molecule has 0 atom stereocenters. The summed E-state index contributed by atoms with van der Waals surface area (Å²) in [5, 5.41) is 7.00. The molecule has 4 aromatic rings. The molecule has 0 amide bonds. The highest BCUT2D eigenvalue weighted by atomic mass is 15.1. The minimum atomic E-state index is 0.715. The topological polar surface area (TPSA) is 49.8 Å². The van der Waals surface area contributed by atoms with Crippen molar-refractivity contribution in [2.24, 2.45) is 0 Å². The normalized spacial score (nSPS) is 11.0. The number of fused-ring (bicyclic) bond motifs is 1. The van der Waals surface area contributed by atoms with E-state index in [-0.39, 0.29) is 0 Å². The summed E-state index contributed by atoms with van der Waals surface area (Å²) in [4.78, 5) is 9.75. The minimum absolute atomic E-state index is 0.715. The molecule has 4 nitrogen and oxygen atoms in total. The summed E-state index contributed by atoms with van der Waals surface area (Å²) in [5.74, 6) is 1.43. The summed E-state index contributed by atoms with van der Waals surface area (Å²) in [7, 11) is 0. The Morgan fingerprint density at radius 2 is 0.867 bits per heavy atom. The molecule has 0 unspecified atom stereocenters. The molecule has 0 saturated carbocycles. The maximum atomic E-state index is 4.87. The third kappa shape index (κ3) is 3.86. The number of para-hydroxylation sites is 2. The molecule has 0 aliphatic carbocycles. The van der Waals surface area contributed by atoms with Gasteiger partial charge in [0.15, 0.2) is 11.6 Å². The van der Waals surface area contributed by atoms with Crippen LogP contribution in [0.2, 0.25) is 0 Å². The van der Waals surface area contributed by atoms with Gasteiger partial charge in [0.25, 0.3) is 0 Å². The van der Waals surface area contributed by atoms with Crippen LogP contribution in [0.1, 0.15) is 33.4 Å². The quantitative estimate of drug-likeness (QED) is 0.391. The Morgan fingerprint density at radius 3 is 1.20 bits per heavy atom. The molecule has 1 aromatic heterocycles. The summed E-state index contributed by atoms with van der Waals surface area (Å²) >= 11 is 0. The van der Waals surface area contributed by atoms with Crippen molar-refractivity contribution in [2.75, 3.05) is 10.6 Å². The Bertz CT molecular complexity index is 1110. The average Bonchev–Trinajstić information content (AvgIpc) is 2.70. The van der Waals surface area contributed by atoms with E-state index in [9.17, 15) is 0 Å². The van der Waals surface area contributed by atoms with Gasteiger partial charge in [-0.1, -0.05) is 12.1 Å². The van der Waals surface area contributed by atoms with Crippen LogP contribution in [0.4, 0.5) is 23.0 Å². The van der Waals surface area contributed by atoms with Crippen LogP contribution in [0.15, 0.2) is 48.5 Å². The van der Waals surface area contributed by atoms with Gasteiger partial charge in [-0.25, -0.2) is 9.97 Å². The lowest BCUT2D eigenvalue weighted by Crippen LogP contribution is -2.04. The maximum absolute atomic E-state index is 4.87. The summed E-state index contributed by atoms with van der Waals surface area (Å²) in [6, 6.07) is 16.6. The Morgan fingerprint density at radius 1 is 0.533 bits per heavy atom. The lowest BCUT2D eigenvalue weighted by atomic mass is 10.0. The zero-order valence-corrected chi connectivity index (χ0v) is 18.5. The fraction of sp³-hybridized carbons (Fsp3) is 0.231. The van der Waals surface area contributed by atoms with E-state index in [1.54, 1.807) is 0 Å². The van der Waals surface area contributed by atoms with E-state index in [1.165, 1.54) is 33.4 Å². The molecule has 4 rings (SSSR count). The molecule has 4 heteroatoms. The van der Waals surface area contributed by atoms with Gasteiger partial charge in [-0.05, 0) is 111 Å². The highest BCUT2D eigenvalue weighted by molar-refractivity contribution is 5.83. The van der Waals surface area contributed by atoms with Crippen molar-refractivity contribution in [2.45, 2.75) is 41.5 Å². The molecular weight excluding hydrogens is 368 g/mol. The van der Waals surface area contributed by atoms with E-state index in [0.717, 1.165) is 22.4 Å². The van der Waals surface area contributed by atoms with E-state index in [1.807, 2.05) is 24.3 Å². The Kier molecular flexibility index (Phi) is 5.17. The highest BCUT2D eigenvalue weighted by Crippen LogP contribution is 2.30. The maximum Gasteiger partial charge on any atom is 0.174 e. The fourth-order valence-corrected chi connectivity index (χ4v) is 3.66. The van der Waals surface area contributed by atoms with Crippen molar-refractivity contribution >= 4 is 34.0 Å². The molecule has 3 aromatic carbocycles. The van der Waals surface area contributed by atoms with Crippen LogP contribution in [0.25, 0.3) is 11.0 Å². The monoisotopic (exact) mass is 396 g/mol. The molecule has 0 radical (unpaired) electrons. The number of nitrogens with one attached hydrogen (secondary N) is 2. The van der Waals surface area contributed by atoms with Crippen molar-refractivity contribution < 1.29 is 0 Å². The molecule has 30 heavy (non-hydrogen) atoms. The second-order valence-corrected chi connectivity index (χ2v) is 8.13. The summed E-state index contributed by atoms with van der Waals surface area (Å²) in [5.41, 5.74) is 11.4. The second kappa shape index (κ2) is 7.79. The number of nitrogens with zero attached hydrogens (tertiary/aromatic N) is 2. The van der Waals surface area contributed by atoms with Crippen LogP contribution in [-0.4, -0.2) is 9.97 Å². The fourth-order valence-electron chi connectivity index (χ4n) is 3.66. The van der Waals surface area contributed by atoms with E-state index < -0.39 is 0 Å². The van der Waals surface area contributed by atoms with E-state index in [2.05, 4.69) is 76.4 Å². The smallest absolute Gasteiger partial charge is 0.174 e. The zero-order chi connectivity index (χ0) is 21.4. The molecule has 0 spiro atoms. The number of hydrogen-bond donors (Lipinski definition) is 2. The van der Waals surface area contributed by atoms with Crippen molar-refractivity contribution in [1.29, 1.82) is 0 Å². The van der Waals surface area contributed by atoms with Crippen molar-refractivity contribution in [1.82, 2.24) is 9.97 Å². The molecule has 0 saturated heterocycles. The molecular formula is C26H28N4. The molecule has 0 aliphatic rings. The summed E-state index contributed by atoms with van der Waals surface area (Å²) in [6.07, 6.45) is 0. The third-order valence-corrected chi connectivity index (χ3v) is 5.95. The van der Waals surface area contributed by atoms with Crippen LogP contribution < -0.4 is 10.6 Å². The van der Waals surface area contributed by atoms with Crippen molar-refractivity contribution in [3.63, 3.8) is 0 Å². The molecule has 0 aliphatic heterocycles.